The molecular formula is C22H23FO4. The van der Waals surface area contributed by atoms with Crippen LogP contribution in [0.2, 0.25) is 0 Å². The van der Waals surface area contributed by atoms with E-state index in [2.05, 4.69) is 0 Å². The molecule has 5 heteroatoms. The lowest BCUT2D eigenvalue weighted by Crippen LogP contribution is -2.21. The highest BCUT2D eigenvalue weighted by molar-refractivity contribution is 5.71. The first-order valence-corrected chi connectivity index (χ1v) is 9.44. The van der Waals surface area contributed by atoms with Crippen molar-refractivity contribution in [3.05, 3.63) is 58.9 Å². The van der Waals surface area contributed by atoms with Crippen molar-refractivity contribution in [2.45, 2.75) is 44.6 Å². The second-order valence-electron chi connectivity index (χ2n) is 7.71. The maximum absolute atomic E-state index is 14.2. The van der Waals surface area contributed by atoms with Crippen molar-refractivity contribution in [2.24, 2.45) is 11.8 Å². The summed E-state index contributed by atoms with van der Waals surface area (Å²) in [6.45, 7) is 1.76. The highest BCUT2D eigenvalue weighted by Crippen LogP contribution is 2.48. The van der Waals surface area contributed by atoms with E-state index in [1.165, 1.54) is 6.07 Å². The fraction of sp³-hybridized carbons (Fsp3) is 0.409. The minimum absolute atomic E-state index is 0.0258. The molecule has 142 valence electrons. The Kier molecular flexibility index (Phi) is 4.54. The molecule has 4 rings (SSSR count). The van der Waals surface area contributed by atoms with Gasteiger partial charge in [0.15, 0.2) is 0 Å². The van der Waals surface area contributed by atoms with Crippen molar-refractivity contribution < 1.29 is 24.1 Å². The van der Waals surface area contributed by atoms with Gasteiger partial charge in [-0.15, -0.1) is 0 Å². The van der Waals surface area contributed by atoms with Gasteiger partial charge in [-0.05, 0) is 66.8 Å². The summed E-state index contributed by atoms with van der Waals surface area (Å²) in [6.07, 6.45) is 3.13. The summed E-state index contributed by atoms with van der Waals surface area (Å²) in [5.74, 6) is -0.733. The van der Waals surface area contributed by atoms with Crippen LogP contribution in [0.15, 0.2) is 36.4 Å². The number of aryl methyl sites for hydroxylation is 1. The van der Waals surface area contributed by atoms with Gasteiger partial charge in [0.2, 0.25) is 0 Å². The number of hydrogen-bond acceptors (Lipinski definition) is 3. The molecule has 1 aliphatic carbocycles. The van der Waals surface area contributed by atoms with Crippen LogP contribution in [0.1, 0.15) is 54.9 Å². The van der Waals surface area contributed by atoms with Gasteiger partial charge < -0.3 is 14.9 Å². The third kappa shape index (κ3) is 3.51. The van der Waals surface area contributed by atoms with Crippen LogP contribution in [0.25, 0.3) is 0 Å². The van der Waals surface area contributed by atoms with E-state index in [1.807, 2.05) is 18.2 Å². The monoisotopic (exact) mass is 370 g/mol. The SMILES string of the molecule is C[C@H](C(=O)O)[C@H](c1ccc2c(c1)OC(c1ccc(O)cc1F)CC2)C1CC1. The summed E-state index contributed by atoms with van der Waals surface area (Å²) in [7, 11) is 0. The molecule has 1 saturated carbocycles. The Labute approximate surface area is 157 Å². The average Bonchev–Trinajstić information content (AvgIpc) is 3.46. The number of hydrogen-bond donors (Lipinski definition) is 2. The van der Waals surface area contributed by atoms with Gasteiger partial charge in [-0.3, -0.25) is 4.79 Å². The summed E-state index contributed by atoms with van der Waals surface area (Å²) in [5, 5.41) is 18.9. The topological polar surface area (TPSA) is 66.8 Å². The number of aliphatic carboxylic acids is 1. The number of fused-ring (bicyclic) bond motifs is 1. The highest BCUT2D eigenvalue weighted by atomic mass is 19.1. The van der Waals surface area contributed by atoms with Crippen LogP contribution >= 0.6 is 0 Å². The Morgan fingerprint density at radius 2 is 1.96 bits per heavy atom. The highest BCUT2D eigenvalue weighted by Gasteiger charge is 2.39. The molecule has 3 atom stereocenters. The molecule has 0 saturated heterocycles. The Morgan fingerprint density at radius 1 is 1.19 bits per heavy atom. The summed E-state index contributed by atoms with van der Waals surface area (Å²) in [4.78, 5) is 11.5. The van der Waals surface area contributed by atoms with Crippen molar-refractivity contribution in [2.75, 3.05) is 0 Å². The maximum Gasteiger partial charge on any atom is 0.306 e. The van der Waals surface area contributed by atoms with E-state index >= 15 is 0 Å². The largest absolute Gasteiger partial charge is 0.508 e. The third-order valence-corrected chi connectivity index (χ3v) is 5.81. The van der Waals surface area contributed by atoms with Crippen molar-refractivity contribution in [1.29, 1.82) is 0 Å². The van der Waals surface area contributed by atoms with Crippen LogP contribution in [0, 0.1) is 17.7 Å². The molecule has 0 radical (unpaired) electrons. The zero-order valence-electron chi connectivity index (χ0n) is 15.2. The first kappa shape index (κ1) is 17.8. The van der Waals surface area contributed by atoms with E-state index in [-0.39, 0.29) is 11.7 Å². The number of aromatic hydroxyl groups is 1. The zero-order valence-corrected chi connectivity index (χ0v) is 15.2. The second kappa shape index (κ2) is 6.87. The lowest BCUT2D eigenvalue weighted by Gasteiger charge is -2.29. The fourth-order valence-electron chi connectivity index (χ4n) is 4.17. The summed E-state index contributed by atoms with van der Waals surface area (Å²) < 4.78 is 20.3. The average molecular weight is 370 g/mol. The maximum atomic E-state index is 14.2. The van der Waals surface area contributed by atoms with E-state index in [1.54, 1.807) is 13.0 Å². The van der Waals surface area contributed by atoms with Gasteiger partial charge in [0.1, 0.15) is 23.4 Å². The van der Waals surface area contributed by atoms with Gasteiger partial charge in [-0.25, -0.2) is 4.39 Å². The first-order chi connectivity index (χ1) is 12.9. The molecule has 2 aromatic carbocycles. The number of phenolic OH excluding ortho intramolecular Hbond substituents is 1. The standard InChI is InChI=1S/C22H23FO4/c1-12(22(25)26)21(14-3-4-14)15-5-2-13-6-9-19(27-20(13)10-15)17-8-7-16(24)11-18(17)23/h2,5,7-8,10-12,14,19,21,24H,3-4,6,9H2,1H3,(H,25,26)/t12-,19?,21-/m0/s1. The van der Waals surface area contributed by atoms with Gasteiger partial charge in [0, 0.05) is 11.6 Å². The van der Waals surface area contributed by atoms with Crippen LogP contribution in [-0.4, -0.2) is 16.2 Å². The lowest BCUT2D eigenvalue weighted by molar-refractivity contribution is -0.142. The number of carboxylic acid groups (broad SMARTS) is 1. The molecule has 4 nitrogen and oxygen atoms in total. The predicted molar refractivity (Wildman–Crippen MR) is 98.5 cm³/mol. The normalized spacial score (nSPS) is 21.0. The molecule has 0 amide bonds. The van der Waals surface area contributed by atoms with E-state index in [4.69, 9.17) is 4.74 Å². The molecular weight excluding hydrogens is 347 g/mol. The van der Waals surface area contributed by atoms with Gasteiger partial charge in [0.25, 0.3) is 0 Å². The van der Waals surface area contributed by atoms with Crippen LogP contribution in [0.5, 0.6) is 11.5 Å². The predicted octanol–water partition coefficient (Wildman–Crippen LogP) is 4.81. The molecule has 0 spiro atoms. The van der Waals surface area contributed by atoms with Crippen molar-refractivity contribution >= 4 is 5.97 Å². The smallest absolute Gasteiger partial charge is 0.306 e. The molecule has 1 heterocycles. The van der Waals surface area contributed by atoms with Crippen LogP contribution < -0.4 is 4.74 Å². The van der Waals surface area contributed by atoms with E-state index in [9.17, 15) is 19.4 Å². The number of carbonyl (C=O) groups is 1. The quantitative estimate of drug-likeness (QED) is 0.792. The van der Waals surface area contributed by atoms with Gasteiger partial charge in [-0.1, -0.05) is 19.1 Å². The van der Waals surface area contributed by atoms with E-state index in [0.29, 0.717) is 23.7 Å². The van der Waals surface area contributed by atoms with Gasteiger partial charge >= 0.3 is 5.97 Å². The van der Waals surface area contributed by atoms with Gasteiger partial charge in [0.05, 0.1) is 5.92 Å². The second-order valence-corrected chi connectivity index (χ2v) is 7.71. The molecule has 1 aliphatic heterocycles. The van der Waals surface area contributed by atoms with E-state index < -0.39 is 23.8 Å². The van der Waals surface area contributed by atoms with Crippen LogP contribution in [0.3, 0.4) is 0 Å². The molecule has 1 fully saturated rings. The number of phenols is 1. The first-order valence-electron chi connectivity index (χ1n) is 9.44. The number of halogens is 1. The zero-order chi connectivity index (χ0) is 19.1. The molecule has 2 aromatic rings. The molecule has 0 aromatic heterocycles. The lowest BCUT2D eigenvalue weighted by atomic mass is 9.82. The van der Waals surface area contributed by atoms with Gasteiger partial charge in [-0.2, -0.15) is 0 Å². The Hall–Kier alpha value is -2.56. The Bertz CT molecular complexity index is 875. The number of ether oxygens (including phenoxy) is 1. The van der Waals surface area contributed by atoms with Crippen molar-refractivity contribution in [1.82, 2.24) is 0 Å². The minimum Gasteiger partial charge on any atom is -0.508 e. The number of carboxylic acids is 1. The van der Waals surface area contributed by atoms with Crippen LogP contribution in [-0.2, 0) is 11.2 Å². The van der Waals surface area contributed by atoms with Crippen molar-refractivity contribution in [3.8, 4) is 11.5 Å². The fourth-order valence-corrected chi connectivity index (χ4v) is 4.17. The summed E-state index contributed by atoms with van der Waals surface area (Å²) >= 11 is 0. The Balaban J connectivity index is 1.63. The molecule has 2 aliphatic rings. The van der Waals surface area contributed by atoms with E-state index in [0.717, 1.165) is 36.5 Å². The minimum atomic E-state index is -0.783. The third-order valence-electron chi connectivity index (χ3n) is 5.81. The molecule has 1 unspecified atom stereocenters. The van der Waals surface area contributed by atoms with Crippen LogP contribution in [0.4, 0.5) is 4.39 Å². The summed E-state index contributed by atoms with van der Waals surface area (Å²) in [5.41, 5.74) is 2.48. The summed E-state index contributed by atoms with van der Waals surface area (Å²) in [6, 6.07) is 10.1. The number of rotatable bonds is 5. The molecule has 2 N–H and O–H groups in total. The Morgan fingerprint density at radius 3 is 2.63 bits per heavy atom. The number of benzene rings is 2. The molecule has 0 bridgehead atoms. The van der Waals surface area contributed by atoms with Crippen molar-refractivity contribution in [3.63, 3.8) is 0 Å². The molecule has 27 heavy (non-hydrogen) atoms.